The van der Waals surface area contributed by atoms with E-state index in [0.29, 0.717) is 23.0 Å². The van der Waals surface area contributed by atoms with Gasteiger partial charge in [0.2, 0.25) is 0 Å². The molecule has 0 amide bonds. The van der Waals surface area contributed by atoms with Gasteiger partial charge >= 0.3 is 0 Å². The van der Waals surface area contributed by atoms with Crippen LogP contribution in [0.1, 0.15) is 39.0 Å². The number of rotatable bonds is 3. The van der Waals surface area contributed by atoms with Crippen LogP contribution in [0.3, 0.4) is 0 Å². The van der Waals surface area contributed by atoms with Gasteiger partial charge in [0.25, 0.3) is 0 Å². The van der Waals surface area contributed by atoms with E-state index in [1.54, 1.807) is 4.68 Å². The first-order valence-electron chi connectivity index (χ1n) is 6.80. The number of hydrogen-bond acceptors (Lipinski definition) is 3. The van der Waals surface area contributed by atoms with Gasteiger partial charge in [0.1, 0.15) is 17.4 Å². The summed E-state index contributed by atoms with van der Waals surface area (Å²) in [5, 5.41) is 14.2. The van der Waals surface area contributed by atoms with Crippen molar-refractivity contribution in [3.8, 4) is 17.5 Å². The van der Waals surface area contributed by atoms with Crippen molar-refractivity contribution in [3.05, 3.63) is 40.7 Å². The molecule has 2 rings (SSSR count). The second-order valence-electron chi connectivity index (χ2n) is 5.71. The van der Waals surface area contributed by atoms with Crippen LogP contribution < -0.4 is 4.74 Å². The number of nitrogens with zero attached hydrogens (tertiary/aromatic N) is 3. The third kappa shape index (κ3) is 3.03. The first kappa shape index (κ1) is 15.4. The lowest BCUT2D eigenvalue weighted by Crippen LogP contribution is -2.14. The molecule has 21 heavy (non-hydrogen) atoms. The molecule has 0 bridgehead atoms. The lowest BCUT2D eigenvalue weighted by molar-refractivity contribution is 0.340. The zero-order chi connectivity index (χ0) is 15.6. The van der Waals surface area contributed by atoms with Crippen LogP contribution in [0.15, 0.2) is 24.3 Å². The molecule has 0 aliphatic carbocycles. The van der Waals surface area contributed by atoms with Gasteiger partial charge in [-0.05, 0) is 31.2 Å². The summed E-state index contributed by atoms with van der Waals surface area (Å²) in [6, 6.07) is 9.62. The Morgan fingerprint density at radius 1 is 1.29 bits per heavy atom. The SMILES string of the molecule is CCOc1ccc(-n2nc(C(C)(C)C)c(C#N)c2Cl)cc1. The molecule has 0 N–H and O–H groups in total. The van der Waals surface area contributed by atoms with E-state index in [0.717, 1.165) is 11.4 Å². The zero-order valence-electron chi connectivity index (χ0n) is 12.6. The molecular formula is C16H18ClN3O. The lowest BCUT2D eigenvalue weighted by atomic mass is 9.90. The van der Waals surface area contributed by atoms with Crippen LogP contribution in [0.25, 0.3) is 5.69 Å². The molecule has 0 aliphatic rings. The molecule has 0 unspecified atom stereocenters. The molecule has 4 nitrogen and oxygen atoms in total. The van der Waals surface area contributed by atoms with E-state index in [2.05, 4.69) is 11.2 Å². The highest BCUT2D eigenvalue weighted by molar-refractivity contribution is 6.31. The molecule has 1 heterocycles. The highest BCUT2D eigenvalue weighted by atomic mass is 35.5. The molecular weight excluding hydrogens is 286 g/mol. The van der Waals surface area contributed by atoms with Crippen molar-refractivity contribution in [2.45, 2.75) is 33.1 Å². The Kier molecular flexibility index (Phi) is 4.24. The number of aromatic nitrogens is 2. The van der Waals surface area contributed by atoms with Gasteiger partial charge in [-0.25, -0.2) is 4.68 Å². The maximum absolute atomic E-state index is 9.33. The average Bonchev–Trinajstić information content (AvgIpc) is 2.77. The van der Waals surface area contributed by atoms with Gasteiger partial charge in [0.05, 0.1) is 18.0 Å². The quantitative estimate of drug-likeness (QED) is 0.858. The minimum atomic E-state index is -0.245. The molecule has 1 aromatic carbocycles. The maximum Gasteiger partial charge on any atom is 0.150 e. The van der Waals surface area contributed by atoms with Gasteiger partial charge < -0.3 is 4.74 Å². The van der Waals surface area contributed by atoms with Crippen molar-refractivity contribution in [1.82, 2.24) is 9.78 Å². The standard InChI is InChI=1S/C16H18ClN3O/c1-5-21-12-8-6-11(7-9-12)20-15(17)13(10-18)14(19-20)16(2,3)4/h6-9H,5H2,1-4H3. The zero-order valence-corrected chi connectivity index (χ0v) is 13.4. The third-order valence-corrected chi connectivity index (χ3v) is 3.39. The summed E-state index contributed by atoms with van der Waals surface area (Å²) in [7, 11) is 0. The topological polar surface area (TPSA) is 50.8 Å². The highest BCUT2D eigenvalue weighted by Gasteiger charge is 2.26. The molecule has 0 atom stereocenters. The molecule has 110 valence electrons. The van der Waals surface area contributed by atoms with E-state index in [4.69, 9.17) is 16.3 Å². The molecule has 0 aliphatic heterocycles. The number of nitriles is 1. The molecule has 1 aromatic heterocycles. The van der Waals surface area contributed by atoms with Crippen LogP contribution in [0.4, 0.5) is 0 Å². The summed E-state index contributed by atoms with van der Waals surface area (Å²) >= 11 is 6.32. The first-order valence-corrected chi connectivity index (χ1v) is 7.18. The fraction of sp³-hybridized carbons (Fsp3) is 0.375. The predicted octanol–water partition coefficient (Wildman–Crippen LogP) is 4.09. The second kappa shape index (κ2) is 5.79. The summed E-state index contributed by atoms with van der Waals surface area (Å²) in [6.07, 6.45) is 0. The lowest BCUT2D eigenvalue weighted by Gasteiger charge is -2.15. The van der Waals surface area contributed by atoms with E-state index in [1.807, 2.05) is 52.0 Å². The molecule has 2 aromatic rings. The maximum atomic E-state index is 9.33. The van der Waals surface area contributed by atoms with Crippen molar-refractivity contribution in [1.29, 1.82) is 5.26 Å². The van der Waals surface area contributed by atoms with Crippen molar-refractivity contribution < 1.29 is 4.74 Å². The Labute approximate surface area is 129 Å². The van der Waals surface area contributed by atoms with Gasteiger partial charge in [-0.3, -0.25) is 0 Å². The van der Waals surface area contributed by atoms with Crippen molar-refractivity contribution in [3.63, 3.8) is 0 Å². The van der Waals surface area contributed by atoms with E-state index in [1.165, 1.54) is 0 Å². The fourth-order valence-corrected chi connectivity index (χ4v) is 2.31. The molecule has 0 saturated heterocycles. The van der Waals surface area contributed by atoms with Gasteiger partial charge in [-0.2, -0.15) is 10.4 Å². The van der Waals surface area contributed by atoms with Crippen LogP contribution in [-0.4, -0.2) is 16.4 Å². The van der Waals surface area contributed by atoms with E-state index in [-0.39, 0.29) is 5.41 Å². The van der Waals surface area contributed by atoms with E-state index < -0.39 is 0 Å². The van der Waals surface area contributed by atoms with Crippen LogP contribution in [-0.2, 0) is 5.41 Å². The number of halogens is 1. The van der Waals surface area contributed by atoms with E-state index in [9.17, 15) is 5.26 Å². The molecule has 5 heteroatoms. The Morgan fingerprint density at radius 3 is 2.33 bits per heavy atom. The van der Waals surface area contributed by atoms with Crippen LogP contribution in [0, 0.1) is 11.3 Å². The average molecular weight is 304 g/mol. The Hall–Kier alpha value is -1.99. The minimum absolute atomic E-state index is 0.245. The normalized spacial score (nSPS) is 11.2. The summed E-state index contributed by atoms with van der Waals surface area (Å²) in [5.41, 5.74) is 1.68. The summed E-state index contributed by atoms with van der Waals surface area (Å²) < 4.78 is 7.01. The molecule has 0 spiro atoms. The third-order valence-electron chi connectivity index (χ3n) is 3.04. The molecule has 0 radical (unpaired) electrons. The van der Waals surface area contributed by atoms with Gasteiger partial charge in [-0.15, -0.1) is 0 Å². The molecule has 0 saturated carbocycles. The summed E-state index contributed by atoms with van der Waals surface area (Å²) in [6.45, 7) is 8.58. The van der Waals surface area contributed by atoms with Crippen LogP contribution >= 0.6 is 11.6 Å². The van der Waals surface area contributed by atoms with Gasteiger partial charge in [0, 0.05) is 5.41 Å². The van der Waals surface area contributed by atoms with Gasteiger partial charge in [0.15, 0.2) is 5.15 Å². The minimum Gasteiger partial charge on any atom is -0.494 e. The largest absolute Gasteiger partial charge is 0.494 e. The first-order chi connectivity index (χ1) is 9.88. The van der Waals surface area contributed by atoms with Crippen molar-refractivity contribution in [2.75, 3.05) is 6.61 Å². The smallest absolute Gasteiger partial charge is 0.150 e. The van der Waals surface area contributed by atoms with E-state index >= 15 is 0 Å². The highest BCUT2D eigenvalue weighted by Crippen LogP contribution is 2.31. The predicted molar refractivity (Wildman–Crippen MR) is 83.2 cm³/mol. The Bertz CT molecular complexity index is 675. The van der Waals surface area contributed by atoms with Gasteiger partial charge in [-0.1, -0.05) is 32.4 Å². The molecule has 0 fully saturated rings. The second-order valence-corrected chi connectivity index (χ2v) is 6.07. The van der Waals surface area contributed by atoms with Crippen LogP contribution in [0.2, 0.25) is 5.15 Å². The van der Waals surface area contributed by atoms with Crippen molar-refractivity contribution in [2.24, 2.45) is 0 Å². The Balaban J connectivity index is 2.50. The number of ether oxygens (including phenoxy) is 1. The fourth-order valence-electron chi connectivity index (χ4n) is 2.04. The summed E-state index contributed by atoms with van der Waals surface area (Å²) in [4.78, 5) is 0. The monoisotopic (exact) mass is 303 g/mol. The van der Waals surface area contributed by atoms with Crippen molar-refractivity contribution >= 4 is 11.6 Å². The number of hydrogen-bond donors (Lipinski definition) is 0. The van der Waals surface area contributed by atoms with Crippen LogP contribution in [0.5, 0.6) is 5.75 Å². The Morgan fingerprint density at radius 2 is 1.90 bits per heavy atom. The number of benzene rings is 1. The summed E-state index contributed by atoms with van der Waals surface area (Å²) in [5.74, 6) is 0.793.